The lowest BCUT2D eigenvalue weighted by atomic mass is 10.6. The summed E-state index contributed by atoms with van der Waals surface area (Å²) < 4.78 is 0. The van der Waals surface area contributed by atoms with Gasteiger partial charge in [0, 0.05) is 7.05 Å². The fraction of sp³-hybridized carbons (Fsp3) is 0.750. The lowest BCUT2D eigenvalue weighted by Gasteiger charge is -2.07. The number of carbonyl (C=O) groups is 2. The SMILES string of the molecule is CC.CC.CNN1C(=O)CNC1=O. The minimum atomic E-state index is -0.387. The van der Waals surface area contributed by atoms with Crippen LogP contribution in [0.3, 0.4) is 0 Å². The Kier molecular flexibility index (Phi) is 9.98. The molecule has 13 heavy (non-hydrogen) atoms. The van der Waals surface area contributed by atoms with E-state index in [-0.39, 0.29) is 18.5 Å². The van der Waals surface area contributed by atoms with Crippen molar-refractivity contribution in [2.75, 3.05) is 13.6 Å². The maximum absolute atomic E-state index is 10.6. The fourth-order valence-electron chi connectivity index (χ4n) is 0.649. The van der Waals surface area contributed by atoms with Crippen LogP contribution in [0.1, 0.15) is 27.7 Å². The molecule has 1 saturated heterocycles. The summed E-state index contributed by atoms with van der Waals surface area (Å²) in [5, 5.41) is 3.28. The Hall–Kier alpha value is -1.10. The molecule has 1 aliphatic rings. The highest BCUT2D eigenvalue weighted by molar-refractivity contribution is 6.01. The van der Waals surface area contributed by atoms with E-state index in [1.54, 1.807) is 0 Å². The van der Waals surface area contributed by atoms with Gasteiger partial charge in [0.25, 0.3) is 5.91 Å². The summed E-state index contributed by atoms with van der Waals surface area (Å²) in [6, 6.07) is -0.387. The van der Waals surface area contributed by atoms with Crippen molar-refractivity contribution >= 4 is 11.9 Å². The predicted octanol–water partition coefficient (Wildman–Crippen LogP) is 0.725. The number of rotatable bonds is 1. The smallest absolute Gasteiger partial charge is 0.327 e. The molecule has 5 heteroatoms. The number of carbonyl (C=O) groups excluding carboxylic acids is 2. The minimum absolute atomic E-state index is 0.0969. The maximum atomic E-state index is 10.6. The van der Waals surface area contributed by atoms with Gasteiger partial charge in [-0.15, -0.1) is 0 Å². The van der Waals surface area contributed by atoms with Gasteiger partial charge in [-0.05, 0) is 0 Å². The van der Waals surface area contributed by atoms with E-state index in [1.165, 1.54) is 7.05 Å². The number of hydrogen-bond donors (Lipinski definition) is 2. The Balaban J connectivity index is 0. The van der Waals surface area contributed by atoms with Crippen LogP contribution in [0.2, 0.25) is 0 Å². The van der Waals surface area contributed by atoms with Crippen LogP contribution in [0.5, 0.6) is 0 Å². The van der Waals surface area contributed by atoms with Gasteiger partial charge < -0.3 is 5.32 Å². The highest BCUT2D eigenvalue weighted by Crippen LogP contribution is 1.91. The first-order chi connectivity index (χ1) is 6.25. The minimum Gasteiger partial charge on any atom is -0.327 e. The monoisotopic (exact) mass is 189 g/mol. The Morgan fingerprint density at radius 1 is 1.23 bits per heavy atom. The first kappa shape index (κ1) is 14.4. The van der Waals surface area contributed by atoms with Crippen LogP contribution < -0.4 is 10.7 Å². The van der Waals surface area contributed by atoms with Gasteiger partial charge in [-0.1, -0.05) is 27.7 Å². The Morgan fingerprint density at radius 2 is 1.69 bits per heavy atom. The molecule has 78 valence electrons. The van der Waals surface area contributed by atoms with Gasteiger partial charge in [0.15, 0.2) is 0 Å². The largest absolute Gasteiger partial charge is 0.339 e. The van der Waals surface area contributed by atoms with Gasteiger partial charge in [0.05, 0.1) is 0 Å². The zero-order valence-electron chi connectivity index (χ0n) is 8.97. The molecule has 1 fully saturated rings. The van der Waals surface area contributed by atoms with E-state index in [2.05, 4.69) is 10.7 Å². The number of nitrogens with zero attached hydrogens (tertiary/aromatic N) is 1. The molecule has 0 radical (unpaired) electrons. The molecular weight excluding hydrogens is 170 g/mol. The van der Waals surface area contributed by atoms with E-state index in [0.717, 1.165) is 5.01 Å². The van der Waals surface area contributed by atoms with Crippen molar-refractivity contribution < 1.29 is 9.59 Å². The quantitative estimate of drug-likeness (QED) is 0.598. The summed E-state index contributed by atoms with van der Waals surface area (Å²) in [6.07, 6.45) is 0. The van der Waals surface area contributed by atoms with Gasteiger partial charge >= 0.3 is 6.03 Å². The Labute approximate surface area is 79.5 Å². The normalized spacial score (nSPS) is 13.8. The summed E-state index contributed by atoms with van der Waals surface area (Å²) in [4.78, 5) is 21.1. The second-order valence-electron chi connectivity index (χ2n) is 1.61. The van der Waals surface area contributed by atoms with E-state index >= 15 is 0 Å². The number of amides is 3. The van der Waals surface area contributed by atoms with Crippen molar-refractivity contribution in [3.05, 3.63) is 0 Å². The zero-order chi connectivity index (χ0) is 10.9. The highest BCUT2D eigenvalue weighted by atomic mass is 16.2. The third-order valence-electron chi connectivity index (χ3n) is 1.07. The molecule has 1 rings (SSSR count). The molecule has 5 nitrogen and oxygen atoms in total. The van der Waals surface area contributed by atoms with Crippen LogP contribution in [0.25, 0.3) is 0 Å². The van der Waals surface area contributed by atoms with Crippen molar-refractivity contribution in [2.24, 2.45) is 0 Å². The number of hydrogen-bond acceptors (Lipinski definition) is 3. The molecule has 0 aromatic rings. The lowest BCUT2D eigenvalue weighted by molar-refractivity contribution is -0.126. The second-order valence-corrected chi connectivity index (χ2v) is 1.61. The van der Waals surface area contributed by atoms with Crippen LogP contribution in [0, 0.1) is 0 Å². The molecular formula is C8H19N3O2. The third kappa shape index (κ3) is 4.47. The van der Waals surface area contributed by atoms with Crippen molar-refractivity contribution in [2.45, 2.75) is 27.7 Å². The molecule has 1 aliphatic heterocycles. The average molecular weight is 189 g/mol. The van der Waals surface area contributed by atoms with Crippen LogP contribution >= 0.6 is 0 Å². The molecule has 0 aromatic heterocycles. The van der Waals surface area contributed by atoms with Crippen molar-refractivity contribution in [1.82, 2.24) is 15.8 Å². The van der Waals surface area contributed by atoms with Gasteiger partial charge in [-0.3, -0.25) is 4.79 Å². The van der Waals surface area contributed by atoms with Crippen molar-refractivity contribution in [3.8, 4) is 0 Å². The summed E-state index contributed by atoms with van der Waals surface area (Å²) in [6.45, 7) is 8.10. The van der Waals surface area contributed by atoms with Crippen LogP contribution in [0.15, 0.2) is 0 Å². The number of hydrazine groups is 1. The van der Waals surface area contributed by atoms with Gasteiger partial charge in [-0.2, -0.15) is 5.01 Å². The van der Waals surface area contributed by atoms with E-state index in [1.807, 2.05) is 27.7 Å². The topological polar surface area (TPSA) is 61.4 Å². The highest BCUT2D eigenvalue weighted by Gasteiger charge is 2.26. The predicted molar refractivity (Wildman–Crippen MR) is 52.0 cm³/mol. The van der Waals surface area contributed by atoms with Crippen LogP contribution in [-0.2, 0) is 4.79 Å². The Morgan fingerprint density at radius 3 is 1.85 bits per heavy atom. The second kappa shape index (κ2) is 8.99. The number of nitrogens with one attached hydrogen (secondary N) is 2. The standard InChI is InChI=1S/C4H7N3O2.2C2H6/c1-5-7-3(8)2-6-4(7)9;2*1-2/h5H,2H2,1H3,(H,6,9);2*1-2H3. The Bertz CT molecular complexity index is 143. The van der Waals surface area contributed by atoms with Gasteiger partial charge in [0.1, 0.15) is 6.54 Å². The van der Waals surface area contributed by atoms with Crippen molar-refractivity contribution in [3.63, 3.8) is 0 Å². The first-order valence-corrected chi connectivity index (χ1v) is 4.54. The molecule has 0 saturated carbocycles. The molecule has 0 unspecified atom stereocenters. The van der Waals surface area contributed by atoms with E-state index in [9.17, 15) is 9.59 Å². The van der Waals surface area contributed by atoms with E-state index < -0.39 is 0 Å². The molecule has 0 atom stereocenters. The first-order valence-electron chi connectivity index (χ1n) is 4.54. The molecule has 0 aliphatic carbocycles. The van der Waals surface area contributed by atoms with Gasteiger partial charge in [-0.25, -0.2) is 10.2 Å². The third-order valence-corrected chi connectivity index (χ3v) is 1.07. The van der Waals surface area contributed by atoms with Crippen LogP contribution in [-0.4, -0.2) is 30.5 Å². The van der Waals surface area contributed by atoms with Crippen molar-refractivity contribution in [1.29, 1.82) is 0 Å². The molecule has 3 amide bonds. The number of imide groups is 1. The van der Waals surface area contributed by atoms with Crippen LogP contribution in [0.4, 0.5) is 4.79 Å². The molecule has 0 spiro atoms. The molecule has 2 N–H and O–H groups in total. The summed E-state index contributed by atoms with van der Waals surface area (Å²) in [5.74, 6) is -0.248. The summed E-state index contributed by atoms with van der Waals surface area (Å²) in [5.41, 5.74) is 2.44. The zero-order valence-corrected chi connectivity index (χ0v) is 8.97. The number of urea groups is 1. The van der Waals surface area contributed by atoms with E-state index in [0.29, 0.717) is 0 Å². The summed E-state index contributed by atoms with van der Waals surface area (Å²) in [7, 11) is 1.52. The van der Waals surface area contributed by atoms with E-state index in [4.69, 9.17) is 0 Å². The fourth-order valence-corrected chi connectivity index (χ4v) is 0.649. The molecule has 0 bridgehead atoms. The summed E-state index contributed by atoms with van der Waals surface area (Å²) >= 11 is 0. The lowest BCUT2D eigenvalue weighted by Crippen LogP contribution is -2.40. The molecule has 1 heterocycles. The maximum Gasteiger partial charge on any atom is 0.339 e. The molecule has 0 aromatic carbocycles. The average Bonchev–Trinajstić information content (AvgIpc) is 2.52. The van der Waals surface area contributed by atoms with Gasteiger partial charge in [0.2, 0.25) is 0 Å².